The Bertz CT molecular complexity index is 1550. The molecule has 0 fully saturated rings. The van der Waals surface area contributed by atoms with E-state index < -0.39 is 0 Å². The lowest BCUT2D eigenvalue weighted by atomic mass is 10.1. The van der Waals surface area contributed by atoms with E-state index in [1.165, 1.54) is 0 Å². The smallest absolute Gasteiger partial charge is 0.255 e. The Morgan fingerprint density at radius 2 is 1.27 bits per heavy atom. The highest BCUT2D eigenvalue weighted by molar-refractivity contribution is 6.04. The third-order valence-electron chi connectivity index (χ3n) is 5.85. The molecule has 8 nitrogen and oxygen atoms in total. The Hall–Kier alpha value is -4.98. The number of carbonyl (C=O) groups is 2. The quantitative estimate of drug-likeness (QED) is 0.341. The standard InChI is InChI=1S/C29H26N6O2/c1-20-15-31-34(18-20)26-10-6-23(7-11-26)28(36)30-17-22-4-3-5-25(14-22)33-29(37)24-8-12-27(13-9-24)35-19-21(2)16-32-35/h3-16,18-19H,17H2,1-2H3,(H,30,36)(H,33,37). The second-order valence-electron chi connectivity index (χ2n) is 8.86. The molecule has 2 N–H and O–H groups in total. The fraction of sp³-hybridized carbons (Fsp3) is 0.103. The van der Waals surface area contributed by atoms with Gasteiger partial charge in [-0.1, -0.05) is 12.1 Å². The molecule has 8 heteroatoms. The third-order valence-corrected chi connectivity index (χ3v) is 5.85. The molecule has 0 spiro atoms. The van der Waals surface area contributed by atoms with Crippen LogP contribution in [-0.2, 0) is 6.54 Å². The lowest BCUT2D eigenvalue weighted by Gasteiger charge is -2.10. The predicted octanol–water partition coefficient (Wildman–Crippen LogP) is 4.86. The van der Waals surface area contributed by atoms with E-state index in [0.29, 0.717) is 23.4 Å². The van der Waals surface area contributed by atoms with Crippen LogP contribution in [0.5, 0.6) is 0 Å². The van der Waals surface area contributed by atoms with Gasteiger partial charge >= 0.3 is 0 Å². The maximum atomic E-state index is 12.8. The van der Waals surface area contributed by atoms with Crippen LogP contribution in [0.3, 0.4) is 0 Å². The molecule has 0 saturated heterocycles. The molecule has 5 rings (SSSR count). The molecule has 0 unspecified atom stereocenters. The van der Waals surface area contributed by atoms with Crippen molar-refractivity contribution >= 4 is 17.5 Å². The summed E-state index contributed by atoms with van der Waals surface area (Å²) in [5, 5.41) is 14.4. The van der Waals surface area contributed by atoms with Gasteiger partial charge in [-0.15, -0.1) is 0 Å². The lowest BCUT2D eigenvalue weighted by Crippen LogP contribution is -2.22. The number of carbonyl (C=O) groups excluding carboxylic acids is 2. The summed E-state index contributed by atoms with van der Waals surface area (Å²) in [6.07, 6.45) is 7.43. The van der Waals surface area contributed by atoms with Crippen molar-refractivity contribution in [1.29, 1.82) is 0 Å². The number of nitrogens with one attached hydrogen (secondary N) is 2. The summed E-state index contributed by atoms with van der Waals surface area (Å²) in [7, 11) is 0. The van der Waals surface area contributed by atoms with E-state index in [9.17, 15) is 9.59 Å². The van der Waals surface area contributed by atoms with E-state index >= 15 is 0 Å². The summed E-state index contributed by atoms with van der Waals surface area (Å²) in [5.74, 6) is -0.387. The van der Waals surface area contributed by atoms with Crippen molar-refractivity contribution < 1.29 is 9.59 Å². The largest absolute Gasteiger partial charge is 0.348 e. The molecule has 184 valence electrons. The van der Waals surface area contributed by atoms with Gasteiger partial charge in [-0.25, -0.2) is 9.36 Å². The number of benzene rings is 3. The molecule has 0 radical (unpaired) electrons. The van der Waals surface area contributed by atoms with Gasteiger partial charge < -0.3 is 10.6 Å². The van der Waals surface area contributed by atoms with E-state index in [1.54, 1.807) is 46.0 Å². The summed E-state index contributed by atoms with van der Waals surface area (Å²) in [6, 6.07) is 21.9. The number of hydrogen-bond donors (Lipinski definition) is 2. The van der Waals surface area contributed by atoms with E-state index in [0.717, 1.165) is 28.1 Å². The molecule has 0 saturated carbocycles. The van der Waals surface area contributed by atoms with E-state index in [4.69, 9.17) is 0 Å². The molecule has 3 aromatic carbocycles. The number of amides is 2. The summed E-state index contributed by atoms with van der Waals surface area (Å²) >= 11 is 0. The number of hydrogen-bond acceptors (Lipinski definition) is 4. The molecule has 0 aliphatic heterocycles. The molecular formula is C29H26N6O2. The van der Waals surface area contributed by atoms with E-state index in [2.05, 4.69) is 20.8 Å². The summed E-state index contributed by atoms with van der Waals surface area (Å²) in [6.45, 7) is 4.29. The highest BCUT2D eigenvalue weighted by Crippen LogP contribution is 2.15. The summed E-state index contributed by atoms with van der Waals surface area (Å²) in [5.41, 5.74) is 6.54. The van der Waals surface area contributed by atoms with Gasteiger partial charge in [0.1, 0.15) is 0 Å². The van der Waals surface area contributed by atoms with Crippen LogP contribution >= 0.6 is 0 Å². The predicted molar refractivity (Wildman–Crippen MR) is 142 cm³/mol. The van der Waals surface area contributed by atoms with Crippen molar-refractivity contribution in [1.82, 2.24) is 24.9 Å². The SMILES string of the molecule is Cc1cnn(-c2ccc(C(=O)NCc3cccc(NC(=O)c4ccc(-n5cc(C)cn5)cc4)c3)cc2)c1. The summed E-state index contributed by atoms with van der Waals surface area (Å²) < 4.78 is 3.54. The van der Waals surface area contributed by atoms with Crippen LogP contribution in [0.1, 0.15) is 37.4 Å². The Balaban J connectivity index is 1.18. The highest BCUT2D eigenvalue weighted by Gasteiger charge is 2.09. The molecule has 2 aromatic heterocycles. The second kappa shape index (κ2) is 10.3. The fourth-order valence-electron chi connectivity index (χ4n) is 3.89. The van der Waals surface area contributed by atoms with Crippen molar-refractivity contribution in [3.63, 3.8) is 0 Å². The van der Waals surface area contributed by atoms with Crippen LogP contribution in [0.2, 0.25) is 0 Å². The average molecular weight is 491 g/mol. The molecule has 2 heterocycles. The van der Waals surface area contributed by atoms with Crippen molar-refractivity contribution in [2.75, 3.05) is 5.32 Å². The molecule has 0 aliphatic rings. The highest BCUT2D eigenvalue weighted by atomic mass is 16.2. The van der Waals surface area contributed by atoms with Gasteiger partial charge in [0.15, 0.2) is 0 Å². The zero-order valence-corrected chi connectivity index (χ0v) is 20.6. The Labute approximate surface area is 214 Å². The van der Waals surface area contributed by atoms with Gasteiger partial charge in [0, 0.05) is 35.8 Å². The fourth-order valence-corrected chi connectivity index (χ4v) is 3.89. The van der Waals surface area contributed by atoms with Crippen LogP contribution in [0.4, 0.5) is 5.69 Å². The second-order valence-corrected chi connectivity index (χ2v) is 8.86. The maximum Gasteiger partial charge on any atom is 0.255 e. The zero-order chi connectivity index (χ0) is 25.8. The number of anilines is 1. The normalized spacial score (nSPS) is 10.8. The Morgan fingerprint density at radius 3 is 1.78 bits per heavy atom. The monoisotopic (exact) mass is 490 g/mol. The number of aromatic nitrogens is 4. The van der Waals surface area contributed by atoms with Gasteiger partial charge in [-0.3, -0.25) is 9.59 Å². The minimum Gasteiger partial charge on any atom is -0.348 e. The maximum absolute atomic E-state index is 12.8. The van der Waals surface area contributed by atoms with E-state index in [1.807, 2.05) is 74.8 Å². The summed E-state index contributed by atoms with van der Waals surface area (Å²) in [4.78, 5) is 25.4. The number of nitrogens with zero attached hydrogens (tertiary/aromatic N) is 4. The number of rotatable bonds is 7. The first kappa shape index (κ1) is 23.7. The van der Waals surface area contributed by atoms with Crippen molar-refractivity contribution in [3.8, 4) is 11.4 Å². The average Bonchev–Trinajstić information content (AvgIpc) is 3.56. The third kappa shape index (κ3) is 5.65. The topological polar surface area (TPSA) is 93.8 Å². The van der Waals surface area contributed by atoms with Crippen molar-refractivity contribution in [2.45, 2.75) is 20.4 Å². The van der Waals surface area contributed by atoms with Crippen LogP contribution < -0.4 is 10.6 Å². The van der Waals surface area contributed by atoms with Gasteiger partial charge in [-0.2, -0.15) is 10.2 Å². The van der Waals surface area contributed by atoms with Crippen LogP contribution in [-0.4, -0.2) is 31.4 Å². The van der Waals surface area contributed by atoms with Gasteiger partial charge in [0.2, 0.25) is 0 Å². The molecule has 5 aromatic rings. The first-order chi connectivity index (χ1) is 17.9. The van der Waals surface area contributed by atoms with Crippen molar-refractivity contribution in [3.05, 3.63) is 125 Å². The molecule has 0 atom stereocenters. The van der Waals surface area contributed by atoms with E-state index in [-0.39, 0.29) is 11.8 Å². The molecule has 0 bridgehead atoms. The van der Waals surface area contributed by atoms with Gasteiger partial charge in [-0.05, 0) is 91.2 Å². The first-order valence-electron chi connectivity index (χ1n) is 11.9. The Morgan fingerprint density at radius 1 is 0.730 bits per heavy atom. The molecule has 0 aliphatic carbocycles. The lowest BCUT2D eigenvalue weighted by molar-refractivity contribution is 0.0950. The zero-order valence-electron chi connectivity index (χ0n) is 20.6. The first-order valence-corrected chi connectivity index (χ1v) is 11.9. The van der Waals surface area contributed by atoms with Gasteiger partial charge in [0.25, 0.3) is 11.8 Å². The molecule has 2 amide bonds. The van der Waals surface area contributed by atoms with Crippen LogP contribution in [0.15, 0.2) is 97.6 Å². The molecule has 37 heavy (non-hydrogen) atoms. The minimum atomic E-state index is -0.211. The van der Waals surface area contributed by atoms with Gasteiger partial charge in [0.05, 0.1) is 23.8 Å². The van der Waals surface area contributed by atoms with Crippen molar-refractivity contribution in [2.24, 2.45) is 0 Å². The Kier molecular flexibility index (Phi) is 6.63. The number of aryl methyl sites for hydroxylation is 2. The molecular weight excluding hydrogens is 464 g/mol. The minimum absolute atomic E-state index is 0.176. The van der Waals surface area contributed by atoms with Crippen LogP contribution in [0.25, 0.3) is 11.4 Å². The van der Waals surface area contributed by atoms with Crippen LogP contribution in [0, 0.1) is 13.8 Å².